The van der Waals surface area contributed by atoms with Crippen molar-refractivity contribution in [1.82, 2.24) is 4.57 Å². The number of fused-ring (bicyclic) bond motifs is 1. The van der Waals surface area contributed by atoms with Gasteiger partial charge in [0.2, 0.25) is 11.8 Å². The van der Waals surface area contributed by atoms with Crippen LogP contribution in [0.15, 0.2) is 32.8 Å². The van der Waals surface area contributed by atoms with E-state index in [2.05, 4.69) is 29.8 Å². The van der Waals surface area contributed by atoms with Gasteiger partial charge >= 0.3 is 6.09 Å². The molecule has 0 saturated heterocycles. The number of aromatic nitrogens is 1. The third kappa shape index (κ3) is 6.00. The highest BCUT2D eigenvalue weighted by atomic mass is 79.9. The number of rotatable bonds is 6. The minimum Gasteiger partial charge on any atom is -0.497 e. The van der Waals surface area contributed by atoms with Crippen LogP contribution >= 0.6 is 15.9 Å². The number of hydrogen-bond acceptors (Lipinski definition) is 7. The smallest absolute Gasteiger partial charge is 0.419 e. The molecule has 0 fully saturated rings. The summed E-state index contributed by atoms with van der Waals surface area (Å²) in [6.07, 6.45) is -0.0215. The fourth-order valence-electron chi connectivity index (χ4n) is 3.99. The van der Waals surface area contributed by atoms with Gasteiger partial charge in [0, 0.05) is 11.8 Å². The lowest BCUT2D eigenvalue weighted by atomic mass is 10.00. The van der Waals surface area contributed by atoms with Crippen LogP contribution in [0.5, 0.6) is 5.75 Å². The van der Waals surface area contributed by atoms with Crippen molar-refractivity contribution in [2.24, 2.45) is 15.9 Å². The molecule has 0 radical (unpaired) electrons. The lowest BCUT2D eigenvalue weighted by Gasteiger charge is -2.28. The summed E-state index contributed by atoms with van der Waals surface area (Å²) in [6.45, 7) is 14.6. The summed E-state index contributed by atoms with van der Waals surface area (Å²) in [5, 5.41) is 0.858. The zero-order valence-electron chi connectivity index (χ0n) is 21.8. The molecule has 2 heterocycles. The fourth-order valence-corrected chi connectivity index (χ4v) is 4.70. The molecule has 9 heteroatoms. The first kappa shape index (κ1) is 27.0. The maximum atomic E-state index is 13.2. The van der Waals surface area contributed by atoms with E-state index in [-0.39, 0.29) is 12.0 Å². The van der Waals surface area contributed by atoms with Gasteiger partial charge in [-0.05, 0) is 80.2 Å². The molecule has 0 saturated carbocycles. The Morgan fingerprint density at radius 1 is 1.11 bits per heavy atom. The fraction of sp³-hybridized carbons (Fsp3) is 0.577. The van der Waals surface area contributed by atoms with Crippen molar-refractivity contribution in [2.75, 3.05) is 20.3 Å². The molecule has 0 amide bonds. The van der Waals surface area contributed by atoms with Crippen LogP contribution in [0.3, 0.4) is 0 Å². The number of methoxy groups -OCH3 is 1. The van der Waals surface area contributed by atoms with Gasteiger partial charge in [0.1, 0.15) is 23.4 Å². The molecule has 35 heavy (non-hydrogen) atoms. The van der Waals surface area contributed by atoms with Crippen LogP contribution in [0, 0.1) is 5.92 Å². The van der Waals surface area contributed by atoms with E-state index < -0.39 is 17.7 Å². The molecule has 192 valence electrons. The quantitative estimate of drug-likeness (QED) is 0.440. The van der Waals surface area contributed by atoms with E-state index in [1.807, 2.05) is 52.8 Å². The van der Waals surface area contributed by atoms with Crippen LogP contribution in [-0.2, 0) is 20.6 Å². The van der Waals surface area contributed by atoms with Gasteiger partial charge in [-0.15, -0.1) is 0 Å². The highest BCUT2D eigenvalue weighted by Gasteiger charge is 2.34. The first-order valence-electron chi connectivity index (χ1n) is 12.0. The third-order valence-electron chi connectivity index (χ3n) is 5.49. The molecular formula is C26H36BrN3O5. The van der Waals surface area contributed by atoms with E-state index in [0.717, 1.165) is 10.9 Å². The summed E-state index contributed by atoms with van der Waals surface area (Å²) >= 11 is 3.68. The summed E-state index contributed by atoms with van der Waals surface area (Å²) in [4.78, 5) is 23.0. The second kappa shape index (κ2) is 11.0. The molecule has 2 aromatic rings. The first-order valence-corrected chi connectivity index (χ1v) is 12.8. The minimum atomic E-state index is -0.638. The van der Waals surface area contributed by atoms with Gasteiger partial charge in [-0.3, -0.25) is 0 Å². The Morgan fingerprint density at radius 2 is 1.77 bits per heavy atom. The molecular weight excluding hydrogens is 514 g/mol. The van der Waals surface area contributed by atoms with Gasteiger partial charge in [0.25, 0.3) is 0 Å². The normalized spacial score (nSPS) is 18.3. The Kier molecular flexibility index (Phi) is 8.51. The van der Waals surface area contributed by atoms with E-state index in [0.29, 0.717) is 47.3 Å². The second-order valence-corrected chi connectivity index (χ2v) is 10.4. The van der Waals surface area contributed by atoms with Crippen molar-refractivity contribution in [3.05, 3.63) is 28.4 Å². The van der Waals surface area contributed by atoms with Gasteiger partial charge in [-0.1, -0.05) is 13.8 Å². The predicted octanol–water partition coefficient (Wildman–Crippen LogP) is 6.01. The number of halogens is 1. The maximum absolute atomic E-state index is 13.2. The molecule has 0 spiro atoms. The van der Waals surface area contributed by atoms with Gasteiger partial charge in [-0.2, -0.15) is 0 Å². The second-order valence-electron chi connectivity index (χ2n) is 9.68. The summed E-state index contributed by atoms with van der Waals surface area (Å²) in [5.74, 6) is 2.08. The van der Waals surface area contributed by atoms with E-state index in [1.165, 1.54) is 0 Å². The van der Waals surface area contributed by atoms with E-state index in [4.69, 9.17) is 28.9 Å². The van der Waals surface area contributed by atoms with Crippen molar-refractivity contribution in [1.29, 1.82) is 0 Å². The number of benzene rings is 1. The zero-order chi connectivity index (χ0) is 25.9. The Morgan fingerprint density at radius 3 is 2.34 bits per heavy atom. The van der Waals surface area contributed by atoms with Crippen LogP contribution in [0.2, 0.25) is 0 Å². The van der Waals surface area contributed by atoms with Crippen LogP contribution < -0.4 is 4.74 Å². The number of carbonyl (C=O) groups is 1. The largest absolute Gasteiger partial charge is 0.497 e. The van der Waals surface area contributed by atoms with Crippen LogP contribution in [-0.4, -0.2) is 60.5 Å². The topological polar surface area (TPSA) is 83.6 Å². The Hall–Kier alpha value is -2.55. The molecule has 0 bridgehead atoms. The maximum Gasteiger partial charge on any atom is 0.419 e. The van der Waals surface area contributed by atoms with Crippen LogP contribution in [0.4, 0.5) is 4.79 Å². The average Bonchev–Trinajstić information content (AvgIpc) is 3.04. The highest BCUT2D eigenvalue weighted by Crippen LogP contribution is 2.35. The van der Waals surface area contributed by atoms with Gasteiger partial charge in [-0.25, -0.2) is 19.3 Å². The van der Waals surface area contributed by atoms with Gasteiger partial charge in [0.05, 0.1) is 30.4 Å². The monoisotopic (exact) mass is 549 g/mol. The lowest BCUT2D eigenvalue weighted by molar-refractivity contribution is 0.0540. The Labute approximate surface area is 215 Å². The van der Waals surface area contributed by atoms with E-state index in [1.54, 1.807) is 11.7 Å². The summed E-state index contributed by atoms with van der Waals surface area (Å²) in [7, 11) is 1.62. The number of ether oxygens (including phenoxy) is 4. The molecule has 8 nitrogen and oxygen atoms in total. The van der Waals surface area contributed by atoms with E-state index in [9.17, 15) is 4.79 Å². The van der Waals surface area contributed by atoms with Crippen molar-refractivity contribution in [2.45, 2.75) is 72.6 Å². The molecule has 1 aliphatic heterocycles. The van der Waals surface area contributed by atoms with Crippen molar-refractivity contribution in [3.8, 4) is 5.75 Å². The van der Waals surface area contributed by atoms with Crippen molar-refractivity contribution >= 4 is 44.7 Å². The standard InChI is InChI=1S/C26H36BrN3O5/c1-9-33-23-19(28-24(34-10-2)21(29-23)15(3)4)14-18-17-13-16(32-8)11-12-20(17)30(22(18)27)25(31)35-26(5,6)7/h11-13,15,19,21H,9-10,14H2,1-8H3/t19-,21+/m0/s1. The van der Waals surface area contributed by atoms with Crippen molar-refractivity contribution < 1.29 is 23.7 Å². The average molecular weight is 550 g/mol. The number of carbonyl (C=O) groups excluding carboxylic acids is 1. The molecule has 1 aliphatic rings. The molecule has 0 N–H and O–H groups in total. The SMILES string of the molecule is CCOC1=N[C@H](C(C)C)C(OCC)=N[C@H]1Cc1c(Br)n(C(=O)OC(C)(C)C)c2ccc(OC)cc12. The summed E-state index contributed by atoms with van der Waals surface area (Å²) in [5.41, 5.74) is 0.951. The van der Waals surface area contributed by atoms with Gasteiger partial charge in [0.15, 0.2) is 0 Å². The third-order valence-corrected chi connectivity index (χ3v) is 6.33. The molecule has 1 aromatic heterocycles. The number of nitrogens with zero attached hydrogens (tertiary/aromatic N) is 3. The minimum absolute atomic E-state index is 0.195. The molecule has 3 rings (SSSR count). The highest BCUT2D eigenvalue weighted by molar-refractivity contribution is 9.10. The van der Waals surface area contributed by atoms with Crippen LogP contribution in [0.25, 0.3) is 10.9 Å². The first-order chi connectivity index (χ1) is 16.5. The molecule has 0 unspecified atom stereocenters. The molecule has 2 atom stereocenters. The van der Waals surface area contributed by atoms with E-state index >= 15 is 0 Å². The Bertz CT molecular complexity index is 1130. The molecule has 1 aromatic carbocycles. The van der Waals surface area contributed by atoms with Crippen LogP contribution in [0.1, 0.15) is 54.0 Å². The van der Waals surface area contributed by atoms with Crippen molar-refractivity contribution in [3.63, 3.8) is 0 Å². The zero-order valence-corrected chi connectivity index (χ0v) is 23.4. The lowest BCUT2D eigenvalue weighted by Crippen LogP contribution is -2.39. The number of hydrogen-bond donors (Lipinski definition) is 0. The molecule has 0 aliphatic carbocycles. The number of aliphatic imine (C=N–C) groups is 2. The van der Waals surface area contributed by atoms with Gasteiger partial charge < -0.3 is 18.9 Å². The summed E-state index contributed by atoms with van der Waals surface area (Å²) in [6, 6.07) is 5.01. The Balaban J connectivity index is 2.13. The predicted molar refractivity (Wildman–Crippen MR) is 142 cm³/mol. The summed E-state index contributed by atoms with van der Waals surface area (Å²) < 4.78 is 25.1.